The van der Waals surface area contributed by atoms with Crippen LogP contribution in [0.4, 0.5) is 28.8 Å². The molecule has 0 bridgehead atoms. The third-order valence-corrected chi connectivity index (χ3v) is 13.4. The van der Waals surface area contributed by atoms with Gasteiger partial charge in [-0.15, -0.1) is 11.3 Å². The molecule has 5 saturated heterocycles. The van der Waals surface area contributed by atoms with Crippen molar-refractivity contribution in [2.24, 2.45) is 5.41 Å². The number of carbonyl (C=O) groups is 1. The van der Waals surface area contributed by atoms with Gasteiger partial charge in [0.05, 0.1) is 34.0 Å². The molecule has 284 valence electrons. The lowest BCUT2D eigenvalue weighted by Gasteiger charge is -2.52. The third-order valence-electron chi connectivity index (χ3n) is 12.1. The molecule has 2 aromatic heterocycles. The second kappa shape index (κ2) is 13.6. The van der Waals surface area contributed by atoms with E-state index in [1.807, 2.05) is 15.9 Å². The SMILES string of the molecule is N#Cc1c(N)sc2c(F)ccc(-c3c(Cl)cc4c(N5CCCCC6(CN(C(=O)N7CCOCC7)C6)C5)nc(OC[C@@]56CCCN5C[C@H](F)C6)nc4c3F)c12. The Morgan fingerprint density at radius 1 is 1.09 bits per heavy atom. The van der Waals surface area contributed by atoms with Crippen molar-refractivity contribution in [2.75, 3.05) is 82.8 Å². The predicted molar refractivity (Wildman–Crippen MR) is 201 cm³/mol. The fraction of sp³-hybridized carbons (Fsp3) is 0.526. The van der Waals surface area contributed by atoms with Crippen LogP contribution in [0, 0.1) is 28.4 Å². The summed E-state index contributed by atoms with van der Waals surface area (Å²) in [6, 6.07) is 6.27. The van der Waals surface area contributed by atoms with Gasteiger partial charge < -0.3 is 29.9 Å². The fourth-order valence-corrected chi connectivity index (χ4v) is 10.8. The number of hydrogen-bond acceptors (Lipinski definition) is 10. The number of amides is 2. The minimum atomic E-state index is -0.952. The number of nitrogens with zero attached hydrogens (tertiary/aromatic N) is 7. The van der Waals surface area contributed by atoms with Crippen LogP contribution in [0.25, 0.3) is 32.1 Å². The molecule has 9 rings (SSSR count). The number of halogens is 4. The first-order chi connectivity index (χ1) is 26.1. The number of aromatic nitrogens is 2. The van der Waals surface area contributed by atoms with Crippen molar-refractivity contribution in [3.8, 4) is 23.2 Å². The first-order valence-electron chi connectivity index (χ1n) is 18.6. The normalized spacial score (nSPS) is 24.2. The molecule has 5 aliphatic rings. The summed E-state index contributed by atoms with van der Waals surface area (Å²) in [5.41, 5.74) is 5.63. The molecule has 2 amide bonds. The Bertz CT molecular complexity index is 2210. The van der Waals surface area contributed by atoms with Gasteiger partial charge in [-0.2, -0.15) is 15.2 Å². The van der Waals surface area contributed by atoms with Crippen LogP contribution in [-0.2, 0) is 4.74 Å². The lowest BCUT2D eigenvalue weighted by molar-refractivity contribution is -0.00321. The highest BCUT2D eigenvalue weighted by Gasteiger charge is 2.50. The van der Waals surface area contributed by atoms with Gasteiger partial charge >= 0.3 is 12.0 Å². The Morgan fingerprint density at radius 3 is 2.70 bits per heavy atom. The third kappa shape index (κ3) is 5.88. The molecule has 5 fully saturated rings. The molecule has 4 aromatic rings. The number of morpholine rings is 1. The molecule has 2 atom stereocenters. The van der Waals surface area contributed by atoms with E-state index in [0.29, 0.717) is 76.7 Å². The maximum absolute atomic E-state index is 17.3. The molecular weight excluding hydrogens is 741 g/mol. The van der Waals surface area contributed by atoms with E-state index in [1.165, 1.54) is 12.1 Å². The van der Waals surface area contributed by atoms with E-state index in [1.54, 1.807) is 6.07 Å². The van der Waals surface area contributed by atoms with E-state index >= 15 is 8.78 Å². The molecule has 54 heavy (non-hydrogen) atoms. The zero-order valence-corrected chi connectivity index (χ0v) is 31.3. The van der Waals surface area contributed by atoms with Crippen molar-refractivity contribution >= 4 is 60.8 Å². The number of likely N-dealkylation sites (tertiary alicyclic amines) is 1. The fourth-order valence-electron chi connectivity index (χ4n) is 9.53. The predicted octanol–water partition coefficient (Wildman–Crippen LogP) is 6.60. The van der Waals surface area contributed by atoms with Gasteiger partial charge in [0.25, 0.3) is 0 Å². The first-order valence-corrected chi connectivity index (χ1v) is 19.8. The van der Waals surface area contributed by atoms with Crippen LogP contribution in [0.1, 0.15) is 44.1 Å². The molecule has 0 unspecified atom stereocenters. The number of hydrogen-bond donors (Lipinski definition) is 1. The molecule has 2 N–H and O–H groups in total. The van der Waals surface area contributed by atoms with Gasteiger partial charge in [0.2, 0.25) is 0 Å². The average molecular weight is 781 g/mol. The van der Waals surface area contributed by atoms with E-state index in [-0.39, 0.29) is 66.4 Å². The maximum atomic E-state index is 17.3. The lowest BCUT2D eigenvalue weighted by atomic mass is 9.76. The molecule has 2 aromatic carbocycles. The molecule has 0 saturated carbocycles. The van der Waals surface area contributed by atoms with Crippen molar-refractivity contribution < 1.29 is 27.4 Å². The highest BCUT2D eigenvalue weighted by Crippen LogP contribution is 2.47. The number of ether oxygens (including phenoxy) is 2. The van der Waals surface area contributed by atoms with Crippen LogP contribution in [0.3, 0.4) is 0 Å². The van der Waals surface area contributed by atoms with Gasteiger partial charge in [-0.25, -0.2) is 18.0 Å². The summed E-state index contributed by atoms with van der Waals surface area (Å²) in [5, 5.41) is 10.7. The quantitative estimate of drug-likeness (QED) is 0.239. The van der Waals surface area contributed by atoms with Gasteiger partial charge in [0.15, 0.2) is 5.82 Å². The van der Waals surface area contributed by atoms with E-state index in [0.717, 1.165) is 50.0 Å². The monoisotopic (exact) mass is 780 g/mol. The number of rotatable bonds is 5. The van der Waals surface area contributed by atoms with Gasteiger partial charge in [0.1, 0.15) is 41.0 Å². The smallest absolute Gasteiger partial charge is 0.320 e. The highest BCUT2D eigenvalue weighted by atomic mass is 35.5. The van der Waals surface area contributed by atoms with Crippen LogP contribution in [0.5, 0.6) is 6.01 Å². The minimum absolute atomic E-state index is 0.0221. The summed E-state index contributed by atoms with van der Waals surface area (Å²) in [5.74, 6) is -0.893. The van der Waals surface area contributed by atoms with Crippen LogP contribution < -0.4 is 15.4 Å². The topological polar surface area (TPSA) is 124 Å². The van der Waals surface area contributed by atoms with Crippen LogP contribution in [0.2, 0.25) is 5.02 Å². The number of nitriles is 1. The van der Waals surface area contributed by atoms with Crippen molar-refractivity contribution in [1.29, 1.82) is 5.26 Å². The van der Waals surface area contributed by atoms with Gasteiger partial charge in [-0.3, -0.25) is 4.90 Å². The zero-order valence-electron chi connectivity index (χ0n) is 29.7. The zero-order chi connectivity index (χ0) is 37.4. The highest BCUT2D eigenvalue weighted by molar-refractivity contribution is 7.23. The number of anilines is 2. The van der Waals surface area contributed by atoms with E-state index in [9.17, 15) is 14.4 Å². The Balaban J connectivity index is 1.12. The molecular formula is C38H40ClF3N8O3S. The second-order valence-electron chi connectivity index (χ2n) is 15.5. The Labute approximate surface area is 319 Å². The summed E-state index contributed by atoms with van der Waals surface area (Å²) in [4.78, 5) is 30.9. The lowest BCUT2D eigenvalue weighted by Crippen LogP contribution is -2.65. The number of fused-ring (bicyclic) bond motifs is 3. The molecule has 5 aliphatic heterocycles. The first kappa shape index (κ1) is 35.6. The molecule has 11 nitrogen and oxygen atoms in total. The largest absolute Gasteiger partial charge is 0.461 e. The van der Waals surface area contributed by atoms with Crippen molar-refractivity contribution in [3.63, 3.8) is 0 Å². The second-order valence-corrected chi connectivity index (χ2v) is 17.0. The van der Waals surface area contributed by atoms with E-state index < -0.39 is 23.3 Å². The minimum Gasteiger partial charge on any atom is -0.461 e. The molecule has 0 radical (unpaired) electrons. The van der Waals surface area contributed by atoms with Gasteiger partial charge in [-0.05, 0) is 49.9 Å². The summed E-state index contributed by atoms with van der Waals surface area (Å²) < 4.78 is 58.9. The summed E-state index contributed by atoms with van der Waals surface area (Å²) in [6.45, 7) is 5.91. The Hall–Kier alpha value is -4.10. The molecule has 0 aliphatic carbocycles. The number of thiophene rings is 1. The number of alkyl halides is 1. The summed E-state index contributed by atoms with van der Waals surface area (Å²) >= 11 is 7.88. The Morgan fingerprint density at radius 2 is 1.91 bits per heavy atom. The van der Waals surface area contributed by atoms with Gasteiger partial charge in [0, 0.05) is 74.0 Å². The number of nitrogen functional groups attached to an aromatic ring is 1. The van der Waals surface area contributed by atoms with E-state index in [4.69, 9.17) is 31.8 Å². The Kier molecular flexibility index (Phi) is 8.95. The number of carbonyl (C=O) groups excluding carboxylic acids is 1. The van der Waals surface area contributed by atoms with E-state index in [2.05, 4.69) is 14.8 Å². The standard InChI is InChI=1S/C38H40ClF3N8O3S/c39-26-14-24-31(30(42)29(26)23-4-5-27(41)32-28(23)25(16-43)33(44)54-32)45-35(53-21-38-7-3-9-50(38)17-22(40)15-38)46-34(24)48-8-2-1-6-37(18-48)19-49(20-37)36(51)47-10-12-52-13-11-47/h4-5,14,22H,1-3,6-13,15,17-21,44H2/t22-,38+/m1/s1. The number of benzene rings is 2. The summed E-state index contributed by atoms with van der Waals surface area (Å²) in [7, 11) is 0. The van der Waals surface area contributed by atoms with Crippen LogP contribution >= 0.6 is 22.9 Å². The molecule has 7 heterocycles. The van der Waals surface area contributed by atoms with Gasteiger partial charge in [-0.1, -0.05) is 24.1 Å². The number of urea groups is 1. The maximum Gasteiger partial charge on any atom is 0.320 e. The summed E-state index contributed by atoms with van der Waals surface area (Å²) in [6.07, 6.45) is 3.85. The van der Waals surface area contributed by atoms with Crippen LogP contribution in [0.15, 0.2) is 18.2 Å². The van der Waals surface area contributed by atoms with Crippen molar-refractivity contribution in [3.05, 3.63) is 40.4 Å². The van der Waals surface area contributed by atoms with Crippen LogP contribution in [-0.4, -0.2) is 115 Å². The number of nitrogens with two attached hydrogens (primary N) is 1. The average Bonchev–Trinajstić information content (AvgIpc) is 3.73. The molecule has 16 heteroatoms. The van der Waals surface area contributed by atoms with Crippen molar-refractivity contribution in [1.82, 2.24) is 24.7 Å². The van der Waals surface area contributed by atoms with Crippen molar-refractivity contribution in [2.45, 2.75) is 50.2 Å². The molecule has 1 spiro atoms.